The minimum Gasteiger partial charge on any atom is -0.394 e. The third kappa shape index (κ3) is 12.4. The molecule has 0 aliphatic carbocycles. The van der Waals surface area contributed by atoms with Gasteiger partial charge in [-0.1, -0.05) is 0 Å². The van der Waals surface area contributed by atoms with Gasteiger partial charge in [0.25, 0.3) is 0 Å². The third-order valence-corrected chi connectivity index (χ3v) is 11.8. The molecule has 0 aromatic heterocycles. The zero-order chi connectivity index (χ0) is 47.9. The number of unbranched alkanes of at least 4 members (excludes halogenated alkanes) is 2. The SMILES string of the molecule is CC(=O)NC1C(OC2C(O)C(CO)OC(OC3C(CO)OC(OC4C(CO)OC(OCCCCCN)C(O)C4O)C(O)C3O)C2O)OC(CO)C(O)C1OC1OC(CO)C(O)C(O)C1O. The summed E-state index contributed by atoms with van der Waals surface area (Å²) in [6, 6.07) is -1.67. The van der Waals surface area contributed by atoms with Crippen molar-refractivity contribution in [3.8, 4) is 0 Å². The molecule has 5 rings (SSSR count). The molecule has 0 aromatic rings. The van der Waals surface area contributed by atoms with Crippen molar-refractivity contribution >= 4 is 5.91 Å². The Morgan fingerprint density at radius 1 is 0.446 bits per heavy atom. The molecule has 25 atom stereocenters. The van der Waals surface area contributed by atoms with Crippen molar-refractivity contribution < 1.29 is 129 Å². The second kappa shape index (κ2) is 24.8. The predicted molar refractivity (Wildman–Crippen MR) is 205 cm³/mol. The molecule has 5 aliphatic heterocycles. The van der Waals surface area contributed by atoms with E-state index in [4.69, 9.17) is 53.1 Å². The van der Waals surface area contributed by atoms with Crippen LogP contribution in [0.5, 0.6) is 0 Å². The molecule has 5 aliphatic rings. The lowest BCUT2D eigenvalue weighted by molar-refractivity contribution is -0.389. The number of ether oxygens (including phenoxy) is 10. The van der Waals surface area contributed by atoms with Crippen LogP contribution in [0.4, 0.5) is 0 Å². The molecule has 0 aromatic carbocycles. The first-order chi connectivity index (χ1) is 31.0. The quantitative estimate of drug-likeness (QED) is 0.0504. The van der Waals surface area contributed by atoms with Crippen LogP contribution >= 0.6 is 0 Å². The minimum atomic E-state index is -2.14. The number of rotatable bonds is 20. The van der Waals surface area contributed by atoms with Gasteiger partial charge in [-0.15, -0.1) is 0 Å². The van der Waals surface area contributed by atoms with E-state index in [9.17, 15) is 81.4 Å². The van der Waals surface area contributed by atoms with Crippen molar-refractivity contribution in [1.29, 1.82) is 0 Å². The molecule has 5 heterocycles. The maximum atomic E-state index is 12.5. The summed E-state index contributed by atoms with van der Waals surface area (Å²) in [6.45, 7) is -2.87. The first-order valence-corrected chi connectivity index (χ1v) is 21.3. The van der Waals surface area contributed by atoms with Crippen LogP contribution < -0.4 is 11.1 Å². The molecule has 5 saturated heterocycles. The van der Waals surface area contributed by atoms with Crippen molar-refractivity contribution in [2.45, 2.75) is 180 Å². The molecule has 380 valence electrons. The summed E-state index contributed by atoms with van der Waals surface area (Å²) in [5.41, 5.74) is 5.49. The summed E-state index contributed by atoms with van der Waals surface area (Å²) in [7, 11) is 0. The standard InChI is InChI=1S/C37H66N2O26/c1-12(45)39-18-31(64-35-25(52)22(49)19(46)13(7-40)58-35)20(47)14(8-41)57-33(18)65-32-21(48)15(9-42)59-37(28(32)55)63-30-17(11-44)61-36(27(54)24(30)51)62-29-16(10-43)60-34(26(53)23(29)50)56-6-4-2-3-5-38/h13-37,40-44,46-55H,2-11,38H2,1H3,(H,39,45). The van der Waals surface area contributed by atoms with E-state index in [1.165, 1.54) is 0 Å². The number of hydrogen-bond donors (Lipinski definition) is 17. The van der Waals surface area contributed by atoms with Crippen molar-refractivity contribution in [2.75, 3.05) is 46.2 Å². The monoisotopic (exact) mass is 954 g/mol. The van der Waals surface area contributed by atoms with Gasteiger partial charge in [-0.05, 0) is 25.8 Å². The second-order valence-electron chi connectivity index (χ2n) is 16.4. The number of carbonyl (C=O) groups excluding carboxylic acids is 1. The zero-order valence-electron chi connectivity index (χ0n) is 35.3. The largest absolute Gasteiger partial charge is 0.394 e. The van der Waals surface area contributed by atoms with Crippen molar-refractivity contribution in [2.24, 2.45) is 5.73 Å². The molecule has 0 saturated carbocycles. The Kier molecular flexibility index (Phi) is 20.8. The molecule has 18 N–H and O–H groups in total. The number of aliphatic hydroxyl groups excluding tert-OH is 15. The number of carbonyl (C=O) groups is 1. The van der Waals surface area contributed by atoms with E-state index in [0.29, 0.717) is 13.0 Å². The Balaban J connectivity index is 1.31. The smallest absolute Gasteiger partial charge is 0.217 e. The normalized spacial score (nSPS) is 47.4. The molecule has 0 bridgehead atoms. The van der Waals surface area contributed by atoms with E-state index in [2.05, 4.69) is 5.32 Å². The number of aliphatic hydroxyl groups is 15. The van der Waals surface area contributed by atoms with Crippen molar-refractivity contribution in [3.63, 3.8) is 0 Å². The molecule has 1 amide bonds. The highest BCUT2D eigenvalue weighted by Gasteiger charge is 2.57. The lowest BCUT2D eigenvalue weighted by Crippen LogP contribution is -2.70. The molecule has 28 nitrogen and oxygen atoms in total. The van der Waals surface area contributed by atoms with Gasteiger partial charge in [-0.3, -0.25) is 4.79 Å². The summed E-state index contributed by atoms with van der Waals surface area (Å²) in [6.07, 6.45) is -41.2. The number of hydrogen-bond acceptors (Lipinski definition) is 27. The van der Waals surface area contributed by atoms with E-state index in [1.807, 2.05) is 0 Å². The van der Waals surface area contributed by atoms with Crippen molar-refractivity contribution in [3.05, 3.63) is 0 Å². The number of amides is 1. The average molecular weight is 955 g/mol. The van der Waals surface area contributed by atoms with E-state index in [0.717, 1.165) is 19.8 Å². The fourth-order valence-electron chi connectivity index (χ4n) is 8.17. The summed E-state index contributed by atoms with van der Waals surface area (Å²) in [4.78, 5) is 12.5. The van der Waals surface area contributed by atoms with Crippen LogP contribution in [-0.4, -0.2) is 282 Å². The van der Waals surface area contributed by atoms with Crippen LogP contribution in [0.1, 0.15) is 26.2 Å². The molecule has 0 spiro atoms. The molecular formula is C37H66N2O26. The molecule has 5 fully saturated rings. The maximum absolute atomic E-state index is 12.5. The lowest BCUT2D eigenvalue weighted by atomic mass is 9.94. The first kappa shape index (κ1) is 54.4. The van der Waals surface area contributed by atoms with Gasteiger partial charge in [0.05, 0.1) is 33.0 Å². The van der Waals surface area contributed by atoms with E-state index < -0.39 is 192 Å². The lowest BCUT2D eigenvalue weighted by Gasteiger charge is -2.50. The Bertz CT molecular complexity index is 1430. The van der Waals surface area contributed by atoms with Gasteiger partial charge in [-0.25, -0.2) is 0 Å². The molecule has 65 heavy (non-hydrogen) atoms. The van der Waals surface area contributed by atoms with Gasteiger partial charge in [-0.2, -0.15) is 0 Å². The fourth-order valence-corrected chi connectivity index (χ4v) is 8.17. The maximum Gasteiger partial charge on any atom is 0.217 e. The highest BCUT2D eigenvalue weighted by Crippen LogP contribution is 2.36. The Morgan fingerprint density at radius 3 is 1.35 bits per heavy atom. The van der Waals surface area contributed by atoms with Crippen LogP contribution in [0.2, 0.25) is 0 Å². The van der Waals surface area contributed by atoms with Crippen LogP contribution in [0, 0.1) is 0 Å². The highest BCUT2D eigenvalue weighted by atomic mass is 16.8. The van der Waals surface area contributed by atoms with E-state index >= 15 is 0 Å². The van der Waals surface area contributed by atoms with Gasteiger partial charge in [0.2, 0.25) is 5.91 Å². The fraction of sp³-hybridized carbons (Fsp3) is 0.973. The summed E-state index contributed by atoms with van der Waals surface area (Å²) in [5.74, 6) is -0.801. The predicted octanol–water partition coefficient (Wildman–Crippen LogP) is -10.6. The van der Waals surface area contributed by atoms with Crippen LogP contribution in [-0.2, 0) is 52.2 Å². The van der Waals surface area contributed by atoms with Crippen LogP contribution in [0.25, 0.3) is 0 Å². The third-order valence-electron chi connectivity index (χ3n) is 11.8. The molecular weight excluding hydrogens is 888 g/mol. The highest BCUT2D eigenvalue weighted by molar-refractivity contribution is 5.73. The topological polar surface area (TPSA) is 451 Å². The van der Waals surface area contributed by atoms with Crippen molar-refractivity contribution in [1.82, 2.24) is 5.32 Å². The van der Waals surface area contributed by atoms with Crippen LogP contribution in [0.3, 0.4) is 0 Å². The average Bonchev–Trinajstić information content (AvgIpc) is 3.29. The van der Waals surface area contributed by atoms with E-state index in [1.54, 1.807) is 0 Å². The molecule has 25 unspecified atom stereocenters. The zero-order valence-corrected chi connectivity index (χ0v) is 35.3. The van der Waals surface area contributed by atoms with Crippen LogP contribution in [0.15, 0.2) is 0 Å². The van der Waals surface area contributed by atoms with Gasteiger partial charge in [0.1, 0.15) is 122 Å². The Hall–Kier alpha value is -1.57. The summed E-state index contributed by atoms with van der Waals surface area (Å²) in [5, 5.41) is 162. The molecule has 0 radical (unpaired) electrons. The molecule has 28 heteroatoms. The number of nitrogens with two attached hydrogens (primary N) is 1. The second-order valence-corrected chi connectivity index (χ2v) is 16.4. The summed E-state index contributed by atoms with van der Waals surface area (Å²) < 4.78 is 56.9. The van der Waals surface area contributed by atoms with E-state index in [-0.39, 0.29) is 6.61 Å². The summed E-state index contributed by atoms with van der Waals surface area (Å²) >= 11 is 0. The van der Waals surface area contributed by atoms with Gasteiger partial charge >= 0.3 is 0 Å². The number of nitrogens with one attached hydrogen (secondary N) is 1. The van der Waals surface area contributed by atoms with Gasteiger partial charge < -0.3 is 135 Å². The van der Waals surface area contributed by atoms with Gasteiger partial charge in [0.15, 0.2) is 31.5 Å². The Labute approximate surface area is 371 Å². The minimum absolute atomic E-state index is 0.128. The first-order valence-electron chi connectivity index (χ1n) is 21.3. The van der Waals surface area contributed by atoms with Gasteiger partial charge in [0, 0.05) is 13.5 Å². The Morgan fingerprint density at radius 2 is 0.846 bits per heavy atom.